The molecule has 0 saturated carbocycles. The zero-order valence-corrected chi connectivity index (χ0v) is 14.3. The number of likely N-dealkylation sites (N-methyl/N-ethyl adjacent to an activating group) is 1. The number of benzene rings is 1. The first-order chi connectivity index (χ1) is 11.8. The largest absolute Gasteiger partial charge is 0.348 e. The van der Waals surface area contributed by atoms with Crippen molar-refractivity contribution >= 4 is 17.3 Å². The van der Waals surface area contributed by atoms with E-state index in [2.05, 4.69) is 9.80 Å². The molecule has 25 heavy (non-hydrogen) atoms. The van der Waals surface area contributed by atoms with E-state index in [1.807, 2.05) is 0 Å². The fourth-order valence-electron chi connectivity index (χ4n) is 2.66. The Balaban J connectivity index is 1.96. The second-order valence-electron chi connectivity index (χ2n) is 6.18. The molecular formula is C15H21N5O5. The monoisotopic (exact) mass is 351 g/mol. The lowest BCUT2D eigenvalue weighted by Crippen LogP contribution is -2.48. The third-order valence-electron chi connectivity index (χ3n) is 4.16. The zero-order valence-electron chi connectivity index (χ0n) is 14.3. The minimum absolute atomic E-state index is 0.0550. The summed E-state index contributed by atoms with van der Waals surface area (Å²) < 4.78 is 0. The molecule has 1 aliphatic rings. The topological polar surface area (TPSA) is 113 Å². The highest BCUT2D eigenvalue weighted by molar-refractivity contribution is 5.77. The minimum Gasteiger partial charge on any atom is -0.348 e. The van der Waals surface area contributed by atoms with E-state index in [-0.39, 0.29) is 5.91 Å². The van der Waals surface area contributed by atoms with Crippen LogP contribution in [0.3, 0.4) is 0 Å². The molecule has 1 aromatic carbocycles. The summed E-state index contributed by atoms with van der Waals surface area (Å²) in [5, 5.41) is 21.9. The van der Waals surface area contributed by atoms with Crippen LogP contribution in [0.4, 0.5) is 11.4 Å². The number of nitro benzene ring substituents is 2. The maximum Gasteiger partial charge on any atom is 0.346 e. The summed E-state index contributed by atoms with van der Waals surface area (Å²) in [6.07, 6.45) is 0. The smallest absolute Gasteiger partial charge is 0.346 e. The maximum absolute atomic E-state index is 11.7. The van der Waals surface area contributed by atoms with Gasteiger partial charge in [-0.3, -0.25) is 34.8 Å². The standard InChI is InChI=1S/C15H21N5O5/c1-16(2)15(21)11-18-7-5-17(6-8-18)10-12-3-4-13(19(22)23)14(9-12)20(24)25/h3-4,9H,5-8,10-11H2,1-2H3. The Hall–Kier alpha value is -2.59. The van der Waals surface area contributed by atoms with E-state index in [0.29, 0.717) is 18.7 Å². The van der Waals surface area contributed by atoms with Crippen molar-refractivity contribution in [3.8, 4) is 0 Å². The van der Waals surface area contributed by atoms with Crippen molar-refractivity contribution in [2.75, 3.05) is 46.8 Å². The molecule has 1 aliphatic heterocycles. The Bertz CT molecular complexity index is 670. The van der Waals surface area contributed by atoms with Crippen molar-refractivity contribution in [2.24, 2.45) is 0 Å². The van der Waals surface area contributed by atoms with Crippen LogP contribution < -0.4 is 0 Å². The average Bonchev–Trinajstić information content (AvgIpc) is 2.56. The van der Waals surface area contributed by atoms with E-state index >= 15 is 0 Å². The molecule has 0 spiro atoms. The summed E-state index contributed by atoms with van der Waals surface area (Å²) in [5.41, 5.74) is -0.325. The molecule has 10 heteroatoms. The van der Waals surface area contributed by atoms with Gasteiger partial charge in [0, 0.05) is 59.0 Å². The number of carbonyl (C=O) groups is 1. The first-order valence-corrected chi connectivity index (χ1v) is 7.84. The SMILES string of the molecule is CN(C)C(=O)CN1CCN(Cc2ccc([N+](=O)[O-])c([N+](=O)[O-])c2)CC1. The molecule has 0 aromatic heterocycles. The van der Waals surface area contributed by atoms with Gasteiger partial charge in [0.1, 0.15) is 0 Å². The summed E-state index contributed by atoms with van der Waals surface area (Å²) in [6, 6.07) is 3.99. The van der Waals surface area contributed by atoms with Gasteiger partial charge in [0.15, 0.2) is 0 Å². The van der Waals surface area contributed by atoms with Crippen LogP contribution in [0.5, 0.6) is 0 Å². The van der Waals surface area contributed by atoms with Crippen molar-refractivity contribution in [2.45, 2.75) is 6.54 Å². The summed E-state index contributed by atoms with van der Waals surface area (Å²) in [6.45, 7) is 3.78. The van der Waals surface area contributed by atoms with E-state index in [9.17, 15) is 25.0 Å². The lowest BCUT2D eigenvalue weighted by atomic mass is 10.1. The van der Waals surface area contributed by atoms with Gasteiger partial charge in [-0.25, -0.2) is 0 Å². The molecule has 1 fully saturated rings. The predicted octanol–water partition coefficient (Wildman–Crippen LogP) is 0.709. The van der Waals surface area contributed by atoms with Crippen LogP contribution in [-0.4, -0.2) is 77.3 Å². The normalized spacial score (nSPS) is 15.8. The van der Waals surface area contributed by atoms with E-state index in [1.54, 1.807) is 25.1 Å². The number of amides is 1. The van der Waals surface area contributed by atoms with Gasteiger partial charge in [-0.15, -0.1) is 0 Å². The van der Waals surface area contributed by atoms with Crippen LogP contribution in [0.1, 0.15) is 5.56 Å². The molecule has 0 aliphatic carbocycles. The first kappa shape index (κ1) is 18.7. The fourth-order valence-corrected chi connectivity index (χ4v) is 2.66. The summed E-state index contributed by atoms with van der Waals surface area (Å²) in [4.78, 5) is 37.9. The number of nitrogens with zero attached hydrogens (tertiary/aromatic N) is 5. The van der Waals surface area contributed by atoms with Crippen molar-refractivity contribution in [1.29, 1.82) is 0 Å². The molecule has 10 nitrogen and oxygen atoms in total. The van der Waals surface area contributed by atoms with Crippen LogP contribution in [0, 0.1) is 20.2 Å². The van der Waals surface area contributed by atoms with Crippen LogP contribution in [-0.2, 0) is 11.3 Å². The van der Waals surface area contributed by atoms with Gasteiger partial charge >= 0.3 is 11.4 Å². The molecule has 0 unspecified atom stereocenters. The van der Waals surface area contributed by atoms with Crippen LogP contribution in [0.15, 0.2) is 18.2 Å². The van der Waals surface area contributed by atoms with Gasteiger partial charge in [-0.2, -0.15) is 0 Å². The van der Waals surface area contributed by atoms with Gasteiger partial charge in [0.05, 0.1) is 16.4 Å². The number of hydrogen-bond donors (Lipinski definition) is 0. The van der Waals surface area contributed by atoms with Crippen LogP contribution in [0.2, 0.25) is 0 Å². The van der Waals surface area contributed by atoms with Crippen LogP contribution in [0.25, 0.3) is 0 Å². The minimum atomic E-state index is -0.748. The molecule has 1 heterocycles. The van der Waals surface area contributed by atoms with E-state index in [1.165, 1.54) is 12.1 Å². The Morgan fingerprint density at radius 3 is 2.12 bits per heavy atom. The Morgan fingerprint density at radius 2 is 1.60 bits per heavy atom. The van der Waals surface area contributed by atoms with Gasteiger partial charge in [-0.1, -0.05) is 6.07 Å². The van der Waals surface area contributed by atoms with Crippen molar-refractivity contribution < 1.29 is 14.6 Å². The Morgan fingerprint density at radius 1 is 1.04 bits per heavy atom. The fraction of sp³-hybridized carbons (Fsp3) is 0.533. The zero-order chi connectivity index (χ0) is 18.6. The van der Waals surface area contributed by atoms with Gasteiger partial charge < -0.3 is 4.90 Å². The first-order valence-electron chi connectivity index (χ1n) is 7.84. The van der Waals surface area contributed by atoms with E-state index in [0.717, 1.165) is 26.2 Å². The maximum atomic E-state index is 11.7. The van der Waals surface area contributed by atoms with Gasteiger partial charge in [0.25, 0.3) is 0 Å². The molecule has 0 N–H and O–H groups in total. The lowest BCUT2D eigenvalue weighted by molar-refractivity contribution is -0.422. The van der Waals surface area contributed by atoms with Gasteiger partial charge in [-0.05, 0) is 5.56 Å². The highest BCUT2D eigenvalue weighted by atomic mass is 16.6. The van der Waals surface area contributed by atoms with Gasteiger partial charge in [0.2, 0.25) is 5.91 Å². The second kappa shape index (κ2) is 7.99. The Labute approximate surface area is 144 Å². The third kappa shape index (κ3) is 4.94. The summed E-state index contributed by atoms with van der Waals surface area (Å²) >= 11 is 0. The van der Waals surface area contributed by atoms with Crippen molar-refractivity contribution in [3.63, 3.8) is 0 Å². The van der Waals surface area contributed by atoms with Crippen molar-refractivity contribution in [1.82, 2.24) is 14.7 Å². The lowest BCUT2D eigenvalue weighted by Gasteiger charge is -2.34. The molecule has 1 saturated heterocycles. The molecule has 136 valence electrons. The second-order valence-corrected chi connectivity index (χ2v) is 6.18. The third-order valence-corrected chi connectivity index (χ3v) is 4.16. The summed E-state index contributed by atoms with van der Waals surface area (Å²) in [7, 11) is 3.44. The number of hydrogen-bond acceptors (Lipinski definition) is 7. The molecule has 0 atom stereocenters. The molecule has 1 aromatic rings. The molecule has 0 radical (unpaired) electrons. The number of piperazine rings is 1. The number of nitro groups is 2. The van der Waals surface area contributed by atoms with E-state index in [4.69, 9.17) is 0 Å². The highest BCUT2D eigenvalue weighted by Gasteiger charge is 2.25. The van der Waals surface area contributed by atoms with Crippen molar-refractivity contribution in [3.05, 3.63) is 44.0 Å². The Kier molecular flexibility index (Phi) is 5.99. The molecular weight excluding hydrogens is 330 g/mol. The predicted molar refractivity (Wildman–Crippen MR) is 90.2 cm³/mol. The summed E-state index contributed by atoms with van der Waals surface area (Å²) in [5.74, 6) is 0.0550. The highest BCUT2D eigenvalue weighted by Crippen LogP contribution is 2.28. The number of rotatable bonds is 6. The van der Waals surface area contributed by atoms with E-state index < -0.39 is 21.2 Å². The molecule has 0 bridgehead atoms. The quantitative estimate of drug-likeness (QED) is 0.548. The number of carbonyl (C=O) groups excluding carboxylic acids is 1. The molecule has 1 amide bonds. The molecule has 2 rings (SSSR count). The average molecular weight is 351 g/mol. The van der Waals surface area contributed by atoms with Crippen LogP contribution >= 0.6 is 0 Å².